The van der Waals surface area contributed by atoms with Crippen molar-refractivity contribution >= 4 is 17.5 Å². The average molecular weight is 443 g/mol. The van der Waals surface area contributed by atoms with E-state index in [1.165, 1.54) is 11.0 Å². The van der Waals surface area contributed by atoms with Crippen molar-refractivity contribution in [3.63, 3.8) is 0 Å². The Hall–Kier alpha value is -3.16. The van der Waals surface area contributed by atoms with Gasteiger partial charge in [-0.05, 0) is 37.5 Å². The molecule has 0 bridgehead atoms. The number of nitrogens with zero attached hydrogens (tertiary/aromatic N) is 4. The molecule has 1 aromatic heterocycles. The van der Waals surface area contributed by atoms with Gasteiger partial charge in [0.15, 0.2) is 0 Å². The molecule has 32 heavy (non-hydrogen) atoms. The van der Waals surface area contributed by atoms with Gasteiger partial charge in [0.25, 0.3) is 11.6 Å². The van der Waals surface area contributed by atoms with Gasteiger partial charge in [0.1, 0.15) is 6.54 Å². The Kier molecular flexibility index (Phi) is 8.99. The monoisotopic (exact) mass is 442 g/mol. The Bertz CT molecular complexity index is 951. The number of aromatic nitrogens is 1. The van der Waals surface area contributed by atoms with Crippen LogP contribution in [0, 0.1) is 23.0 Å². The predicted octanol–water partition coefficient (Wildman–Crippen LogP) is 4.17. The number of hydrogen-bond acceptors (Lipinski definition) is 4. The molecular weight excluding hydrogens is 408 g/mol. The largest absolute Gasteiger partial charge is 0.353 e. The number of benzene rings is 1. The van der Waals surface area contributed by atoms with Crippen LogP contribution in [0.4, 0.5) is 5.69 Å². The molecule has 0 aliphatic heterocycles. The summed E-state index contributed by atoms with van der Waals surface area (Å²) in [5.41, 5.74) is 1.64. The minimum atomic E-state index is -0.488. The van der Waals surface area contributed by atoms with Crippen LogP contribution >= 0.6 is 0 Å². The Morgan fingerprint density at radius 2 is 1.91 bits per heavy atom. The summed E-state index contributed by atoms with van der Waals surface area (Å²) in [7, 11) is 1.94. The van der Waals surface area contributed by atoms with Gasteiger partial charge in [0.2, 0.25) is 5.91 Å². The highest BCUT2D eigenvalue weighted by atomic mass is 16.6. The molecule has 1 heterocycles. The van der Waals surface area contributed by atoms with E-state index in [2.05, 4.69) is 13.8 Å². The lowest BCUT2D eigenvalue weighted by Crippen LogP contribution is -2.44. The molecule has 8 heteroatoms. The van der Waals surface area contributed by atoms with E-state index in [-0.39, 0.29) is 35.5 Å². The van der Waals surface area contributed by atoms with Crippen LogP contribution in [0.3, 0.4) is 0 Å². The second kappa shape index (κ2) is 11.5. The van der Waals surface area contributed by atoms with E-state index in [1.54, 1.807) is 24.0 Å². The summed E-state index contributed by atoms with van der Waals surface area (Å²) in [6.07, 6.45) is 3.55. The second-order valence-electron chi connectivity index (χ2n) is 8.62. The third-order valence-corrected chi connectivity index (χ3v) is 5.39. The molecule has 0 saturated heterocycles. The number of hydrogen-bond donors (Lipinski definition) is 0. The summed E-state index contributed by atoms with van der Waals surface area (Å²) < 4.78 is 1.98. The zero-order valence-electron chi connectivity index (χ0n) is 19.7. The summed E-state index contributed by atoms with van der Waals surface area (Å²) in [5.74, 6) is -0.219. The Balaban J connectivity index is 2.26. The van der Waals surface area contributed by atoms with Gasteiger partial charge >= 0.3 is 0 Å². The minimum absolute atomic E-state index is 0.0579. The highest BCUT2D eigenvalue weighted by Gasteiger charge is 2.25. The molecule has 2 amide bonds. The lowest BCUT2D eigenvalue weighted by atomic mass is 10.1. The van der Waals surface area contributed by atoms with E-state index in [0.29, 0.717) is 25.2 Å². The number of nitro benzene ring substituents is 1. The van der Waals surface area contributed by atoms with Crippen molar-refractivity contribution in [1.29, 1.82) is 0 Å². The van der Waals surface area contributed by atoms with E-state index >= 15 is 0 Å². The number of aryl methyl sites for hydroxylation is 2. The highest BCUT2D eigenvalue weighted by Crippen LogP contribution is 2.21. The number of rotatable bonds is 11. The summed E-state index contributed by atoms with van der Waals surface area (Å²) in [6.45, 7) is 9.16. The van der Waals surface area contributed by atoms with E-state index in [0.717, 1.165) is 18.5 Å². The summed E-state index contributed by atoms with van der Waals surface area (Å²) in [5, 5.41) is 11.3. The summed E-state index contributed by atoms with van der Waals surface area (Å²) >= 11 is 0. The topological polar surface area (TPSA) is 88.7 Å². The number of unbranched alkanes of at least 4 members (excludes halogenated alkanes) is 1. The molecule has 8 nitrogen and oxygen atoms in total. The van der Waals surface area contributed by atoms with E-state index in [4.69, 9.17) is 0 Å². The van der Waals surface area contributed by atoms with Crippen molar-refractivity contribution in [1.82, 2.24) is 14.4 Å². The Morgan fingerprint density at radius 1 is 1.19 bits per heavy atom. The van der Waals surface area contributed by atoms with Crippen LogP contribution in [0.2, 0.25) is 0 Å². The van der Waals surface area contributed by atoms with Crippen LogP contribution < -0.4 is 0 Å². The van der Waals surface area contributed by atoms with Crippen LogP contribution in [-0.4, -0.2) is 50.7 Å². The average Bonchev–Trinajstić information content (AvgIpc) is 3.14. The lowest BCUT2D eigenvalue weighted by molar-refractivity contribution is -0.385. The predicted molar refractivity (Wildman–Crippen MR) is 124 cm³/mol. The molecule has 1 aromatic carbocycles. The molecule has 0 saturated carbocycles. The standard InChI is InChI=1S/C24H34N4O4/c1-6-7-13-26(24(30)20-11-10-19(4)22(14-20)28(31)32)17-23(29)27(15-18(2)3)16-21-9-8-12-25(21)5/h8-12,14,18H,6-7,13,15-17H2,1-5H3. The number of carbonyl (C=O) groups is 2. The molecule has 0 spiro atoms. The first kappa shape index (κ1) is 25.1. The third kappa shape index (κ3) is 6.67. The first-order chi connectivity index (χ1) is 15.1. The van der Waals surface area contributed by atoms with Gasteiger partial charge in [-0.2, -0.15) is 0 Å². The van der Waals surface area contributed by atoms with E-state index < -0.39 is 4.92 Å². The molecule has 2 rings (SSSR count). The fourth-order valence-electron chi connectivity index (χ4n) is 3.54. The molecule has 0 N–H and O–H groups in total. The number of nitro groups is 1. The first-order valence-electron chi connectivity index (χ1n) is 11.1. The zero-order chi connectivity index (χ0) is 23.8. The van der Waals surface area contributed by atoms with Crippen molar-refractivity contribution in [2.75, 3.05) is 19.6 Å². The van der Waals surface area contributed by atoms with Gasteiger partial charge < -0.3 is 14.4 Å². The summed E-state index contributed by atoms with van der Waals surface area (Å²) in [4.78, 5) is 40.6. The Morgan fingerprint density at radius 3 is 2.47 bits per heavy atom. The van der Waals surface area contributed by atoms with Crippen molar-refractivity contribution in [2.24, 2.45) is 13.0 Å². The lowest BCUT2D eigenvalue weighted by Gasteiger charge is -2.29. The second-order valence-corrected chi connectivity index (χ2v) is 8.62. The van der Waals surface area contributed by atoms with Crippen molar-refractivity contribution < 1.29 is 14.5 Å². The smallest absolute Gasteiger partial charge is 0.273 e. The maximum atomic E-state index is 13.3. The molecule has 2 aromatic rings. The Labute approximate surface area is 190 Å². The molecule has 0 atom stereocenters. The van der Waals surface area contributed by atoms with Gasteiger partial charge in [0.05, 0.1) is 11.5 Å². The van der Waals surface area contributed by atoms with Crippen molar-refractivity contribution in [3.8, 4) is 0 Å². The first-order valence-corrected chi connectivity index (χ1v) is 11.1. The van der Waals surface area contributed by atoms with Crippen LogP contribution in [0.1, 0.15) is 55.2 Å². The van der Waals surface area contributed by atoms with Gasteiger partial charge in [-0.1, -0.05) is 33.3 Å². The SMILES string of the molecule is CCCCN(CC(=O)N(Cc1cccn1C)CC(C)C)C(=O)c1ccc(C)c([N+](=O)[O-])c1. The quantitative estimate of drug-likeness (QED) is 0.386. The van der Waals surface area contributed by atoms with Gasteiger partial charge in [-0.15, -0.1) is 0 Å². The van der Waals surface area contributed by atoms with Gasteiger partial charge in [-0.25, -0.2) is 0 Å². The zero-order valence-corrected chi connectivity index (χ0v) is 19.7. The molecule has 174 valence electrons. The molecular formula is C24H34N4O4. The fourth-order valence-corrected chi connectivity index (χ4v) is 3.54. The molecule has 0 aliphatic carbocycles. The minimum Gasteiger partial charge on any atom is -0.353 e. The van der Waals surface area contributed by atoms with Crippen LogP contribution in [0.15, 0.2) is 36.5 Å². The highest BCUT2D eigenvalue weighted by molar-refractivity contribution is 5.97. The van der Waals surface area contributed by atoms with Gasteiger partial charge in [0, 0.05) is 49.2 Å². The molecule has 0 unspecified atom stereocenters. The van der Waals surface area contributed by atoms with Crippen LogP contribution in [0.5, 0.6) is 0 Å². The third-order valence-electron chi connectivity index (χ3n) is 5.39. The van der Waals surface area contributed by atoms with Crippen LogP contribution in [0.25, 0.3) is 0 Å². The maximum Gasteiger partial charge on any atom is 0.273 e. The summed E-state index contributed by atoms with van der Waals surface area (Å²) in [6, 6.07) is 8.38. The van der Waals surface area contributed by atoms with E-state index in [9.17, 15) is 19.7 Å². The fraction of sp³-hybridized carbons (Fsp3) is 0.500. The van der Waals surface area contributed by atoms with E-state index in [1.807, 2.05) is 36.9 Å². The molecule has 0 aliphatic rings. The normalized spacial score (nSPS) is 10.9. The molecule has 0 fully saturated rings. The molecule has 0 radical (unpaired) electrons. The van der Waals surface area contributed by atoms with Gasteiger partial charge in [-0.3, -0.25) is 19.7 Å². The van der Waals surface area contributed by atoms with Crippen LogP contribution in [-0.2, 0) is 18.4 Å². The van der Waals surface area contributed by atoms with Crippen molar-refractivity contribution in [3.05, 3.63) is 63.5 Å². The number of carbonyl (C=O) groups excluding carboxylic acids is 2. The van der Waals surface area contributed by atoms with Crippen molar-refractivity contribution in [2.45, 2.75) is 47.1 Å². The number of amides is 2. The maximum absolute atomic E-state index is 13.3.